The van der Waals surface area contributed by atoms with Gasteiger partial charge in [0.25, 0.3) is 0 Å². The SMILES string of the molecule is CCc1ccc(-c2[nH]nc(N)c2-c2ccccc2Cl)o1. The van der Waals surface area contributed by atoms with Gasteiger partial charge in [0.1, 0.15) is 11.5 Å². The van der Waals surface area contributed by atoms with E-state index in [0.717, 1.165) is 29.0 Å². The van der Waals surface area contributed by atoms with E-state index in [4.69, 9.17) is 21.8 Å². The average Bonchev–Trinajstić information content (AvgIpc) is 3.06. The number of aromatic amines is 1. The number of nitrogens with one attached hydrogen (secondary N) is 1. The number of aromatic nitrogens is 2. The molecule has 4 nitrogen and oxygen atoms in total. The summed E-state index contributed by atoms with van der Waals surface area (Å²) in [5, 5.41) is 7.63. The van der Waals surface area contributed by atoms with Crippen LogP contribution < -0.4 is 5.73 Å². The van der Waals surface area contributed by atoms with Gasteiger partial charge >= 0.3 is 0 Å². The first kappa shape index (κ1) is 12.8. The first-order valence-corrected chi connectivity index (χ1v) is 6.76. The Morgan fingerprint density at radius 3 is 2.75 bits per heavy atom. The van der Waals surface area contributed by atoms with Crippen LogP contribution in [0.25, 0.3) is 22.6 Å². The highest BCUT2D eigenvalue weighted by Gasteiger charge is 2.19. The van der Waals surface area contributed by atoms with Crippen LogP contribution in [-0.2, 0) is 6.42 Å². The van der Waals surface area contributed by atoms with Crippen molar-refractivity contribution >= 4 is 17.4 Å². The molecule has 3 aromatic rings. The second-order valence-corrected chi connectivity index (χ2v) is 4.87. The molecule has 0 spiro atoms. The molecule has 3 rings (SSSR count). The van der Waals surface area contributed by atoms with E-state index in [1.807, 2.05) is 43.3 Å². The maximum Gasteiger partial charge on any atom is 0.153 e. The summed E-state index contributed by atoms with van der Waals surface area (Å²) in [4.78, 5) is 0. The number of hydrogen-bond donors (Lipinski definition) is 2. The standard InChI is InChI=1S/C15H14ClN3O/c1-2-9-7-8-12(20-9)14-13(15(17)19-18-14)10-5-3-4-6-11(10)16/h3-8H,2H2,1H3,(H3,17,18,19). The molecule has 1 aromatic carbocycles. The number of aryl methyl sites for hydroxylation is 1. The fraction of sp³-hybridized carbons (Fsp3) is 0.133. The van der Waals surface area contributed by atoms with Gasteiger partial charge in [-0.05, 0) is 18.2 Å². The summed E-state index contributed by atoms with van der Waals surface area (Å²) in [5.74, 6) is 2.03. The number of hydrogen-bond acceptors (Lipinski definition) is 3. The first-order chi connectivity index (χ1) is 9.70. The summed E-state index contributed by atoms with van der Waals surface area (Å²) in [6, 6.07) is 11.4. The van der Waals surface area contributed by atoms with E-state index in [1.54, 1.807) is 0 Å². The summed E-state index contributed by atoms with van der Waals surface area (Å²) >= 11 is 6.25. The molecule has 0 unspecified atom stereocenters. The topological polar surface area (TPSA) is 67.8 Å². The number of anilines is 1. The Morgan fingerprint density at radius 1 is 1.25 bits per heavy atom. The zero-order chi connectivity index (χ0) is 14.1. The van der Waals surface area contributed by atoms with Gasteiger partial charge in [0.05, 0.1) is 5.56 Å². The van der Waals surface area contributed by atoms with Crippen molar-refractivity contribution in [3.8, 4) is 22.6 Å². The van der Waals surface area contributed by atoms with Crippen LogP contribution in [0.15, 0.2) is 40.8 Å². The smallest absolute Gasteiger partial charge is 0.153 e. The minimum absolute atomic E-state index is 0.405. The van der Waals surface area contributed by atoms with E-state index >= 15 is 0 Å². The number of halogens is 1. The Hall–Kier alpha value is -2.20. The van der Waals surface area contributed by atoms with E-state index in [2.05, 4.69) is 10.2 Å². The first-order valence-electron chi connectivity index (χ1n) is 6.38. The summed E-state index contributed by atoms with van der Waals surface area (Å²) in [6.45, 7) is 2.04. The maximum atomic E-state index is 6.25. The number of rotatable bonds is 3. The molecule has 0 saturated heterocycles. The highest BCUT2D eigenvalue weighted by Crippen LogP contribution is 2.38. The summed E-state index contributed by atoms with van der Waals surface area (Å²) in [6.07, 6.45) is 0.838. The number of nitrogen functional groups attached to an aromatic ring is 1. The molecule has 0 fully saturated rings. The van der Waals surface area contributed by atoms with Crippen LogP contribution in [0.2, 0.25) is 5.02 Å². The molecule has 0 aliphatic rings. The van der Waals surface area contributed by atoms with Gasteiger partial charge in [-0.2, -0.15) is 5.10 Å². The molecule has 0 aliphatic heterocycles. The molecular weight excluding hydrogens is 274 g/mol. The van der Waals surface area contributed by atoms with Gasteiger partial charge in [0.2, 0.25) is 0 Å². The van der Waals surface area contributed by atoms with Crippen molar-refractivity contribution in [1.29, 1.82) is 0 Å². The van der Waals surface area contributed by atoms with E-state index in [-0.39, 0.29) is 0 Å². The van der Waals surface area contributed by atoms with Gasteiger partial charge in [0.15, 0.2) is 11.6 Å². The van der Waals surface area contributed by atoms with Gasteiger partial charge in [-0.15, -0.1) is 0 Å². The fourth-order valence-corrected chi connectivity index (χ4v) is 2.40. The van der Waals surface area contributed by atoms with E-state index in [9.17, 15) is 0 Å². The Balaban J connectivity index is 2.17. The summed E-state index contributed by atoms with van der Waals surface area (Å²) in [5.41, 5.74) is 8.33. The highest BCUT2D eigenvalue weighted by molar-refractivity contribution is 6.33. The van der Waals surface area contributed by atoms with Crippen molar-refractivity contribution in [2.75, 3.05) is 5.73 Å². The van der Waals surface area contributed by atoms with Crippen molar-refractivity contribution in [1.82, 2.24) is 10.2 Å². The van der Waals surface area contributed by atoms with Crippen molar-refractivity contribution in [3.63, 3.8) is 0 Å². The van der Waals surface area contributed by atoms with Crippen LogP contribution in [-0.4, -0.2) is 10.2 Å². The largest absolute Gasteiger partial charge is 0.459 e. The Labute approximate surface area is 121 Å². The van der Waals surface area contributed by atoms with Crippen molar-refractivity contribution in [2.24, 2.45) is 0 Å². The molecule has 0 saturated carbocycles. The lowest BCUT2D eigenvalue weighted by molar-refractivity contribution is 0.527. The van der Waals surface area contributed by atoms with E-state index in [0.29, 0.717) is 16.6 Å². The van der Waals surface area contributed by atoms with E-state index < -0.39 is 0 Å². The second-order valence-electron chi connectivity index (χ2n) is 4.46. The third kappa shape index (κ3) is 2.08. The Morgan fingerprint density at radius 2 is 2.05 bits per heavy atom. The van der Waals surface area contributed by atoms with Crippen molar-refractivity contribution < 1.29 is 4.42 Å². The molecule has 0 bridgehead atoms. The normalized spacial score (nSPS) is 10.9. The van der Waals surface area contributed by atoms with Gasteiger partial charge < -0.3 is 10.2 Å². The highest BCUT2D eigenvalue weighted by atomic mass is 35.5. The molecule has 0 radical (unpaired) electrons. The molecule has 20 heavy (non-hydrogen) atoms. The zero-order valence-electron chi connectivity index (χ0n) is 11.0. The Bertz CT molecular complexity index is 745. The monoisotopic (exact) mass is 287 g/mol. The second kappa shape index (κ2) is 5.06. The van der Waals surface area contributed by atoms with E-state index in [1.165, 1.54) is 0 Å². The molecule has 0 aliphatic carbocycles. The number of furan rings is 1. The summed E-state index contributed by atoms with van der Waals surface area (Å²) < 4.78 is 5.76. The summed E-state index contributed by atoms with van der Waals surface area (Å²) in [7, 11) is 0. The quantitative estimate of drug-likeness (QED) is 0.761. The third-order valence-corrected chi connectivity index (χ3v) is 3.52. The predicted octanol–water partition coefficient (Wildman–Crippen LogP) is 4.13. The van der Waals surface area contributed by atoms with Crippen LogP contribution in [0, 0.1) is 0 Å². The lowest BCUT2D eigenvalue weighted by atomic mass is 10.0. The van der Waals surface area contributed by atoms with Gasteiger partial charge in [-0.25, -0.2) is 0 Å². The van der Waals surface area contributed by atoms with Gasteiger partial charge in [0, 0.05) is 17.0 Å². The zero-order valence-corrected chi connectivity index (χ0v) is 11.7. The van der Waals surface area contributed by atoms with Crippen LogP contribution in [0.4, 0.5) is 5.82 Å². The lowest BCUT2D eigenvalue weighted by Gasteiger charge is -2.04. The van der Waals surface area contributed by atoms with Gasteiger partial charge in [-0.1, -0.05) is 36.7 Å². The molecule has 102 valence electrons. The maximum absolute atomic E-state index is 6.25. The number of nitrogens with zero attached hydrogens (tertiary/aromatic N) is 1. The Kier molecular flexibility index (Phi) is 3.24. The van der Waals surface area contributed by atoms with Gasteiger partial charge in [-0.3, -0.25) is 5.10 Å². The number of benzene rings is 1. The minimum Gasteiger partial charge on any atom is -0.459 e. The lowest BCUT2D eigenvalue weighted by Crippen LogP contribution is -1.89. The average molecular weight is 288 g/mol. The van der Waals surface area contributed by atoms with Crippen molar-refractivity contribution in [3.05, 3.63) is 47.2 Å². The van der Waals surface area contributed by atoms with Crippen LogP contribution in [0.5, 0.6) is 0 Å². The molecule has 5 heteroatoms. The number of nitrogens with two attached hydrogens (primary N) is 1. The third-order valence-electron chi connectivity index (χ3n) is 3.19. The molecule has 3 N–H and O–H groups in total. The molecular formula is C15H14ClN3O. The van der Waals surface area contributed by atoms with Crippen molar-refractivity contribution in [2.45, 2.75) is 13.3 Å². The van der Waals surface area contributed by atoms with Crippen LogP contribution in [0.3, 0.4) is 0 Å². The minimum atomic E-state index is 0.405. The molecule has 0 amide bonds. The predicted molar refractivity (Wildman–Crippen MR) is 80.5 cm³/mol. The number of H-pyrrole nitrogens is 1. The molecule has 2 heterocycles. The van der Waals surface area contributed by atoms with Crippen LogP contribution >= 0.6 is 11.6 Å². The fourth-order valence-electron chi connectivity index (χ4n) is 2.17. The van der Waals surface area contributed by atoms with Crippen LogP contribution in [0.1, 0.15) is 12.7 Å². The molecule has 2 aromatic heterocycles. The molecule has 0 atom stereocenters.